The first kappa shape index (κ1) is 23.6. The van der Waals surface area contributed by atoms with Crippen molar-refractivity contribution in [2.45, 2.75) is 24.8 Å². The van der Waals surface area contributed by atoms with Gasteiger partial charge < -0.3 is 15.5 Å². The highest BCUT2D eigenvalue weighted by Crippen LogP contribution is 2.33. The van der Waals surface area contributed by atoms with Crippen molar-refractivity contribution < 1.29 is 9.18 Å². The summed E-state index contributed by atoms with van der Waals surface area (Å²) in [6.07, 6.45) is 1.83. The van der Waals surface area contributed by atoms with Gasteiger partial charge in [-0.15, -0.1) is 24.8 Å². The molecule has 4 nitrogen and oxygen atoms in total. The lowest BCUT2D eigenvalue weighted by atomic mass is 9.87. The van der Waals surface area contributed by atoms with E-state index in [1.807, 2.05) is 23.1 Å². The number of anilines is 1. The summed E-state index contributed by atoms with van der Waals surface area (Å²) in [5, 5.41) is 6.76. The van der Waals surface area contributed by atoms with Crippen molar-refractivity contribution in [1.82, 2.24) is 10.6 Å². The van der Waals surface area contributed by atoms with Crippen LogP contribution in [0.3, 0.4) is 0 Å². The third-order valence-electron chi connectivity index (χ3n) is 5.78. The van der Waals surface area contributed by atoms with E-state index in [1.54, 1.807) is 12.1 Å². The fourth-order valence-electron chi connectivity index (χ4n) is 4.35. The third kappa shape index (κ3) is 5.28. The van der Waals surface area contributed by atoms with Crippen LogP contribution in [0.15, 0.2) is 54.6 Å². The van der Waals surface area contributed by atoms with E-state index in [4.69, 9.17) is 0 Å². The molecule has 2 N–H and O–H groups in total. The maximum Gasteiger partial charge on any atom is 0.232 e. The highest BCUT2D eigenvalue weighted by molar-refractivity contribution is 5.96. The van der Waals surface area contributed by atoms with Crippen molar-refractivity contribution in [3.63, 3.8) is 0 Å². The molecule has 0 spiro atoms. The number of rotatable bonds is 4. The Hall–Kier alpha value is -1.66. The van der Waals surface area contributed by atoms with E-state index in [1.165, 1.54) is 17.7 Å². The Morgan fingerprint density at radius 3 is 2.21 bits per heavy atom. The Kier molecular flexibility index (Phi) is 8.90. The molecule has 0 saturated carbocycles. The van der Waals surface area contributed by atoms with Crippen LogP contribution in [0, 0.1) is 11.7 Å². The molecule has 1 amide bonds. The lowest BCUT2D eigenvalue weighted by molar-refractivity contribution is -0.122. The molecule has 7 heteroatoms. The average molecular weight is 440 g/mol. The van der Waals surface area contributed by atoms with Crippen molar-refractivity contribution in [3.8, 4) is 0 Å². The second-order valence-electron chi connectivity index (χ2n) is 7.45. The van der Waals surface area contributed by atoms with E-state index in [-0.39, 0.29) is 54.4 Å². The van der Waals surface area contributed by atoms with Crippen molar-refractivity contribution in [2.24, 2.45) is 5.92 Å². The van der Waals surface area contributed by atoms with Gasteiger partial charge in [0.15, 0.2) is 0 Å². The number of nitrogens with one attached hydrogen (secondary N) is 2. The van der Waals surface area contributed by atoms with Gasteiger partial charge in [0.25, 0.3) is 0 Å². The predicted molar refractivity (Wildman–Crippen MR) is 120 cm³/mol. The van der Waals surface area contributed by atoms with Gasteiger partial charge in [-0.25, -0.2) is 4.39 Å². The molecule has 2 saturated heterocycles. The Morgan fingerprint density at radius 1 is 0.897 bits per heavy atom. The minimum absolute atomic E-state index is 0. The second-order valence-corrected chi connectivity index (χ2v) is 7.45. The van der Waals surface area contributed by atoms with E-state index < -0.39 is 0 Å². The molecule has 2 aromatic carbocycles. The van der Waals surface area contributed by atoms with Gasteiger partial charge in [-0.1, -0.05) is 30.3 Å². The summed E-state index contributed by atoms with van der Waals surface area (Å²) < 4.78 is 13.5. The van der Waals surface area contributed by atoms with E-state index in [2.05, 4.69) is 22.8 Å². The van der Waals surface area contributed by atoms with E-state index in [0.717, 1.165) is 38.2 Å². The first-order chi connectivity index (χ1) is 13.2. The molecular weight excluding hydrogens is 412 g/mol. The summed E-state index contributed by atoms with van der Waals surface area (Å²) in [5.74, 6) is -0.0655. The fraction of sp³-hybridized carbons (Fsp3) is 0.409. The average Bonchev–Trinajstić information content (AvgIpc) is 3.21. The molecule has 2 fully saturated rings. The van der Waals surface area contributed by atoms with Crippen LogP contribution in [0.4, 0.5) is 10.1 Å². The molecular formula is C22H28Cl2FN3O. The fourth-order valence-corrected chi connectivity index (χ4v) is 4.35. The molecule has 2 atom stereocenters. The SMILES string of the molecule is Cl.Cl.O=C([C@@H]1CNC[C@H]1c1ccccc1)N(c1ccc(F)cc1)C1CCNCC1. The highest BCUT2D eigenvalue weighted by atomic mass is 35.5. The summed E-state index contributed by atoms with van der Waals surface area (Å²) in [7, 11) is 0. The van der Waals surface area contributed by atoms with E-state index >= 15 is 0 Å². The molecule has 2 aromatic rings. The number of carbonyl (C=O) groups excluding carboxylic acids is 1. The minimum atomic E-state index is -0.277. The van der Waals surface area contributed by atoms with Crippen LogP contribution in [0.5, 0.6) is 0 Å². The van der Waals surface area contributed by atoms with Crippen LogP contribution < -0.4 is 15.5 Å². The molecule has 158 valence electrons. The number of piperidine rings is 1. The maximum absolute atomic E-state index is 13.7. The van der Waals surface area contributed by atoms with Crippen LogP contribution in [0.25, 0.3) is 0 Å². The Morgan fingerprint density at radius 2 is 1.55 bits per heavy atom. The quantitative estimate of drug-likeness (QED) is 0.761. The summed E-state index contributed by atoms with van der Waals surface area (Å²) in [5.41, 5.74) is 2.00. The van der Waals surface area contributed by atoms with Crippen LogP contribution in [-0.2, 0) is 4.79 Å². The van der Waals surface area contributed by atoms with Gasteiger partial charge in [0.2, 0.25) is 5.91 Å². The molecule has 0 unspecified atom stereocenters. The molecule has 2 aliphatic rings. The van der Waals surface area contributed by atoms with Crippen LogP contribution >= 0.6 is 24.8 Å². The number of nitrogens with zero attached hydrogens (tertiary/aromatic N) is 1. The minimum Gasteiger partial charge on any atom is -0.317 e. The third-order valence-corrected chi connectivity index (χ3v) is 5.78. The van der Waals surface area contributed by atoms with Crippen LogP contribution in [-0.4, -0.2) is 38.1 Å². The molecule has 0 bridgehead atoms. The van der Waals surface area contributed by atoms with Crippen molar-refractivity contribution >= 4 is 36.4 Å². The summed E-state index contributed by atoms with van der Waals surface area (Å²) in [6.45, 7) is 3.30. The van der Waals surface area contributed by atoms with Gasteiger partial charge in [-0.3, -0.25) is 4.79 Å². The number of hydrogen-bond acceptors (Lipinski definition) is 3. The smallest absolute Gasteiger partial charge is 0.232 e. The van der Waals surface area contributed by atoms with Gasteiger partial charge >= 0.3 is 0 Å². The van der Waals surface area contributed by atoms with Crippen molar-refractivity contribution in [3.05, 3.63) is 66.0 Å². The van der Waals surface area contributed by atoms with Crippen molar-refractivity contribution in [2.75, 3.05) is 31.1 Å². The number of benzene rings is 2. The Balaban J connectivity index is 0.00000150. The zero-order valence-corrected chi connectivity index (χ0v) is 17.9. The number of carbonyl (C=O) groups is 1. The van der Waals surface area contributed by atoms with E-state index in [0.29, 0.717) is 6.54 Å². The molecule has 2 heterocycles. The predicted octanol–water partition coefficient (Wildman–Crippen LogP) is 3.76. The molecule has 0 aliphatic carbocycles. The maximum atomic E-state index is 13.7. The van der Waals surface area contributed by atoms with Gasteiger partial charge in [0, 0.05) is 30.7 Å². The van der Waals surface area contributed by atoms with Crippen molar-refractivity contribution in [1.29, 1.82) is 0 Å². The topological polar surface area (TPSA) is 44.4 Å². The van der Waals surface area contributed by atoms with Gasteiger partial charge in [-0.2, -0.15) is 0 Å². The second kappa shape index (κ2) is 10.9. The molecule has 0 radical (unpaired) electrons. The first-order valence-corrected chi connectivity index (χ1v) is 9.79. The monoisotopic (exact) mass is 439 g/mol. The Bertz CT molecular complexity index is 769. The number of amides is 1. The summed E-state index contributed by atoms with van der Waals surface area (Å²) in [6, 6.07) is 16.8. The van der Waals surface area contributed by atoms with Gasteiger partial charge in [0.05, 0.1) is 5.92 Å². The van der Waals surface area contributed by atoms with Gasteiger partial charge in [-0.05, 0) is 55.8 Å². The van der Waals surface area contributed by atoms with Crippen LogP contribution in [0.2, 0.25) is 0 Å². The first-order valence-electron chi connectivity index (χ1n) is 9.79. The highest BCUT2D eigenvalue weighted by Gasteiger charge is 2.39. The number of halogens is 3. The van der Waals surface area contributed by atoms with E-state index in [9.17, 15) is 9.18 Å². The molecule has 0 aromatic heterocycles. The van der Waals surface area contributed by atoms with Gasteiger partial charge in [0.1, 0.15) is 5.82 Å². The largest absolute Gasteiger partial charge is 0.317 e. The lowest BCUT2D eigenvalue weighted by Crippen LogP contribution is -2.49. The summed E-state index contributed by atoms with van der Waals surface area (Å²) >= 11 is 0. The molecule has 29 heavy (non-hydrogen) atoms. The molecule has 4 rings (SSSR count). The zero-order valence-electron chi connectivity index (χ0n) is 16.2. The standard InChI is InChI=1S/C22H26FN3O.2ClH/c23-17-6-8-18(9-7-17)26(19-10-12-24-13-11-19)22(27)21-15-25-14-20(21)16-4-2-1-3-5-16;;/h1-9,19-21,24-25H,10-15H2;2*1H/t20-,21+;;/m0../s1. The normalized spacial score (nSPS) is 21.7. The number of hydrogen-bond donors (Lipinski definition) is 2. The zero-order chi connectivity index (χ0) is 18.6. The summed E-state index contributed by atoms with van der Waals surface area (Å²) in [4.78, 5) is 15.6. The van der Waals surface area contributed by atoms with Crippen LogP contribution in [0.1, 0.15) is 24.3 Å². The lowest BCUT2D eigenvalue weighted by Gasteiger charge is -2.37. The molecule has 2 aliphatic heterocycles. The Labute approximate surface area is 184 Å².